The molecule has 2 unspecified atom stereocenters. The van der Waals surface area contributed by atoms with Crippen LogP contribution in [0.2, 0.25) is 5.02 Å². The highest BCUT2D eigenvalue weighted by Gasteiger charge is 2.23. The molecule has 6 nitrogen and oxygen atoms in total. The van der Waals surface area contributed by atoms with Gasteiger partial charge in [-0.2, -0.15) is 0 Å². The minimum absolute atomic E-state index is 0.0542. The lowest BCUT2D eigenvalue weighted by Crippen LogP contribution is -2.45. The molecule has 1 rings (SSSR count). The maximum absolute atomic E-state index is 12.2. The smallest absolute Gasteiger partial charge is 0.269 e. The molecule has 0 aliphatic carbocycles. The lowest BCUT2D eigenvalue weighted by molar-refractivity contribution is -0.384. The summed E-state index contributed by atoms with van der Waals surface area (Å²) < 4.78 is 0. The minimum Gasteiger partial charge on any atom is -0.340 e. The summed E-state index contributed by atoms with van der Waals surface area (Å²) in [7, 11) is 1.61. The summed E-state index contributed by atoms with van der Waals surface area (Å²) in [6.45, 7) is 4.06. The molecule has 0 saturated heterocycles. The summed E-state index contributed by atoms with van der Waals surface area (Å²) in [6, 6.07) is 3.58. The van der Waals surface area contributed by atoms with Gasteiger partial charge in [0.1, 0.15) is 0 Å². The molecule has 7 heteroatoms. The van der Waals surface area contributed by atoms with Gasteiger partial charge in [-0.25, -0.2) is 0 Å². The number of halogens is 1. The molecular formula is C14H20ClN3O3. The van der Waals surface area contributed by atoms with Crippen molar-refractivity contribution in [1.29, 1.82) is 0 Å². The van der Waals surface area contributed by atoms with Crippen LogP contribution in [0.5, 0.6) is 0 Å². The van der Waals surface area contributed by atoms with Gasteiger partial charge >= 0.3 is 0 Å². The summed E-state index contributed by atoms with van der Waals surface area (Å²) in [5.74, 6) is -0.132. The van der Waals surface area contributed by atoms with Crippen LogP contribution < -0.4 is 5.73 Å². The number of non-ortho nitro benzene ring substituents is 1. The van der Waals surface area contributed by atoms with Crippen molar-refractivity contribution in [2.24, 2.45) is 11.7 Å². The second kappa shape index (κ2) is 7.38. The van der Waals surface area contributed by atoms with Crippen molar-refractivity contribution in [2.75, 3.05) is 7.05 Å². The molecule has 1 aromatic carbocycles. The Morgan fingerprint density at radius 1 is 1.52 bits per heavy atom. The van der Waals surface area contributed by atoms with Crippen molar-refractivity contribution in [1.82, 2.24) is 4.90 Å². The number of carbonyl (C=O) groups is 1. The average Bonchev–Trinajstić information content (AvgIpc) is 2.46. The van der Waals surface area contributed by atoms with E-state index in [9.17, 15) is 14.9 Å². The van der Waals surface area contributed by atoms with Crippen molar-refractivity contribution < 1.29 is 9.72 Å². The zero-order chi connectivity index (χ0) is 16.2. The largest absolute Gasteiger partial charge is 0.340 e. The normalized spacial score (nSPS) is 13.6. The van der Waals surface area contributed by atoms with E-state index in [2.05, 4.69) is 0 Å². The van der Waals surface area contributed by atoms with Crippen LogP contribution in [0.15, 0.2) is 18.2 Å². The van der Waals surface area contributed by atoms with Gasteiger partial charge in [-0.1, -0.05) is 31.9 Å². The van der Waals surface area contributed by atoms with Gasteiger partial charge in [0.15, 0.2) is 0 Å². The predicted molar refractivity (Wildman–Crippen MR) is 82.0 cm³/mol. The molecule has 21 heavy (non-hydrogen) atoms. The third-order valence-corrected chi connectivity index (χ3v) is 3.93. The first-order valence-electron chi connectivity index (χ1n) is 6.71. The molecule has 0 aliphatic heterocycles. The highest BCUT2D eigenvalue weighted by Crippen LogP contribution is 2.23. The molecule has 0 aliphatic rings. The van der Waals surface area contributed by atoms with Crippen LogP contribution in [0.1, 0.15) is 25.8 Å². The Labute approximate surface area is 129 Å². The van der Waals surface area contributed by atoms with Crippen LogP contribution in [0.4, 0.5) is 5.69 Å². The number of nitrogens with zero attached hydrogens (tertiary/aromatic N) is 2. The van der Waals surface area contributed by atoms with Crippen molar-refractivity contribution >= 4 is 23.2 Å². The standard InChI is InChI=1S/C14H20ClN3O3/c1-4-9(2)13(16)14(19)17(3)8-10-7-11(18(20)21)5-6-12(10)15/h5-7,9,13H,4,8,16H2,1-3H3. The first-order valence-corrected chi connectivity index (χ1v) is 7.09. The number of hydrogen-bond acceptors (Lipinski definition) is 4. The highest BCUT2D eigenvalue weighted by molar-refractivity contribution is 6.31. The van der Waals surface area contributed by atoms with Crippen LogP contribution in [-0.2, 0) is 11.3 Å². The fourth-order valence-corrected chi connectivity index (χ4v) is 2.06. The third-order valence-electron chi connectivity index (χ3n) is 3.57. The van der Waals surface area contributed by atoms with E-state index in [0.717, 1.165) is 6.42 Å². The second-order valence-electron chi connectivity index (χ2n) is 5.14. The van der Waals surface area contributed by atoms with Gasteiger partial charge < -0.3 is 10.6 Å². The zero-order valence-corrected chi connectivity index (χ0v) is 13.1. The number of amides is 1. The number of carbonyl (C=O) groups excluding carboxylic acids is 1. The van der Waals surface area contributed by atoms with Gasteiger partial charge in [0.05, 0.1) is 11.0 Å². The molecule has 0 bridgehead atoms. The van der Waals surface area contributed by atoms with E-state index in [1.54, 1.807) is 7.05 Å². The number of nitrogens with two attached hydrogens (primary N) is 1. The van der Waals surface area contributed by atoms with Gasteiger partial charge in [0, 0.05) is 30.7 Å². The van der Waals surface area contributed by atoms with Crippen molar-refractivity contribution in [3.05, 3.63) is 38.9 Å². The topological polar surface area (TPSA) is 89.5 Å². The molecule has 2 atom stereocenters. The van der Waals surface area contributed by atoms with Crippen molar-refractivity contribution in [3.63, 3.8) is 0 Å². The second-order valence-corrected chi connectivity index (χ2v) is 5.55. The van der Waals surface area contributed by atoms with E-state index < -0.39 is 11.0 Å². The fourth-order valence-electron chi connectivity index (χ4n) is 1.88. The van der Waals surface area contributed by atoms with Crippen molar-refractivity contribution in [3.8, 4) is 0 Å². The molecule has 0 aromatic heterocycles. The van der Waals surface area contributed by atoms with E-state index >= 15 is 0 Å². The Morgan fingerprint density at radius 2 is 2.14 bits per heavy atom. The first-order chi connectivity index (χ1) is 9.77. The monoisotopic (exact) mass is 313 g/mol. The summed E-state index contributed by atoms with van der Waals surface area (Å²) in [6.07, 6.45) is 0.804. The van der Waals surface area contributed by atoms with Gasteiger partial charge in [0.2, 0.25) is 5.91 Å². The molecule has 1 amide bonds. The lowest BCUT2D eigenvalue weighted by Gasteiger charge is -2.25. The summed E-state index contributed by atoms with van der Waals surface area (Å²) in [5, 5.41) is 11.2. The van der Waals surface area contributed by atoms with Crippen LogP contribution in [0.3, 0.4) is 0 Å². The molecular weight excluding hydrogens is 294 g/mol. The lowest BCUT2D eigenvalue weighted by atomic mass is 9.99. The maximum Gasteiger partial charge on any atom is 0.269 e. The molecule has 0 fully saturated rings. The van der Waals surface area contributed by atoms with Gasteiger partial charge in [-0.05, 0) is 17.5 Å². The van der Waals surface area contributed by atoms with Gasteiger partial charge in [-0.15, -0.1) is 0 Å². The van der Waals surface area contributed by atoms with Gasteiger partial charge in [-0.3, -0.25) is 14.9 Å². The highest BCUT2D eigenvalue weighted by atomic mass is 35.5. The summed E-state index contributed by atoms with van der Waals surface area (Å²) >= 11 is 6.03. The van der Waals surface area contributed by atoms with Crippen LogP contribution in [0, 0.1) is 16.0 Å². The van der Waals surface area contributed by atoms with E-state index in [0.29, 0.717) is 10.6 Å². The number of hydrogen-bond donors (Lipinski definition) is 1. The minimum atomic E-state index is -0.586. The Morgan fingerprint density at radius 3 is 2.67 bits per heavy atom. The third kappa shape index (κ3) is 4.41. The van der Waals surface area contributed by atoms with Crippen LogP contribution >= 0.6 is 11.6 Å². The molecule has 0 heterocycles. The zero-order valence-electron chi connectivity index (χ0n) is 12.4. The Bertz CT molecular complexity index is 536. The van der Waals surface area contributed by atoms with Gasteiger partial charge in [0.25, 0.3) is 5.69 Å². The quantitative estimate of drug-likeness (QED) is 0.645. The first kappa shape index (κ1) is 17.4. The predicted octanol–water partition coefficient (Wildman–Crippen LogP) is 2.58. The molecule has 116 valence electrons. The Hall–Kier alpha value is -1.66. The Balaban J connectivity index is 2.87. The molecule has 0 saturated carbocycles. The molecule has 0 spiro atoms. The number of nitro benzene ring substituents is 1. The number of likely N-dealkylation sites (N-methyl/N-ethyl adjacent to an activating group) is 1. The Kier molecular flexibility index (Phi) is 6.11. The van der Waals surface area contributed by atoms with Crippen LogP contribution in [-0.4, -0.2) is 28.8 Å². The van der Waals surface area contributed by atoms with E-state index in [-0.39, 0.29) is 24.1 Å². The maximum atomic E-state index is 12.2. The van der Waals surface area contributed by atoms with Crippen molar-refractivity contribution in [2.45, 2.75) is 32.9 Å². The number of rotatable bonds is 6. The van der Waals surface area contributed by atoms with E-state index in [1.165, 1.54) is 23.1 Å². The number of benzene rings is 1. The van der Waals surface area contributed by atoms with E-state index in [1.807, 2.05) is 13.8 Å². The fraction of sp³-hybridized carbons (Fsp3) is 0.500. The van der Waals surface area contributed by atoms with E-state index in [4.69, 9.17) is 17.3 Å². The molecule has 1 aromatic rings. The summed E-state index contributed by atoms with van der Waals surface area (Å²) in [4.78, 5) is 23.9. The molecule has 2 N–H and O–H groups in total. The average molecular weight is 314 g/mol. The number of nitro groups is 1. The molecule has 0 radical (unpaired) electrons. The summed E-state index contributed by atoms with van der Waals surface area (Å²) in [5.41, 5.74) is 6.38. The van der Waals surface area contributed by atoms with Crippen LogP contribution in [0.25, 0.3) is 0 Å². The SMILES string of the molecule is CCC(C)C(N)C(=O)N(C)Cc1cc([N+](=O)[O-])ccc1Cl.